The highest BCUT2D eigenvalue weighted by molar-refractivity contribution is 9.10. The highest BCUT2D eigenvalue weighted by atomic mass is 79.9. The Morgan fingerprint density at radius 2 is 2.10 bits per heavy atom. The normalized spacial score (nSPS) is 14.7. The Labute approximate surface area is 132 Å². The van der Waals surface area contributed by atoms with Gasteiger partial charge in [0.2, 0.25) is 15.9 Å². The SMILES string of the molecule is CC(C)N(CCO)S(=O)(=O)c1cc2c(cc1Br)NC(=O)C2. The third-order valence-corrected chi connectivity index (χ3v) is 6.30. The molecule has 1 amide bonds. The van der Waals surface area contributed by atoms with Crippen LogP contribution in [-0.2, 0) is 21.2 Å². The fraction of sp³-hybridized carbons (Fsp3) is 0.462. The number of benzene rings is 1. The lowest BCUT2D eigenvalue weighted by atomic mass is 10.2. The first-order chi connectivity index (χ1) is 9.77. The molecule has 0 spiro atoms. The molecule has 0 atom stereocenters. The van der Waals surface area contributed by atoms with Crippen molar-refractivity contribution >= 4 is 37.5 Å². The first kappa shape index (κ1) is 16.4. The smallest absolute Gasteiger partial charge is 0.244 e. The average molecular weight is 377 g/mol. The largest absolute Gasteiger partial charge is 0.395 e. The van der Waals surface area contributed by atoms with Gasteiger partial charge in [-0.3, -0.25) is 4.79 Å². The number of aliphatic hydroxyl groups is 1. The number of nitrogens with one attached hydrogen (secondary N) is 1. The van der Waals surface area contributed by atoms with Crippen molar-refractivity contribution in [3.8, 4) is 0 Å². The summed E-state index contributed by atoms with van der Waals surface area (Å²) in [6.07, 6.45) is 0.173. The van der Waals surface area contributed by atoms with Crippen LogP contribution in [0.2, 0.25) is 0 Å². The van der Waals surface area contributed by atoms with Crippen molar-refractivity contribution in [2.24, 2.45) is 0 Å². The number of amides is 1. The Hall–Kier alpha value is -0.960. The van der Waals surface area contributed by atoms with Gasteiger partial charge in [-0.2, -0.15) is 4.31 Å². The maximum atomic E-state index is 12.7. The zero-order valence-corrected chi connectivity index (χ0v) is 14.2. The molecular formula is C13H17BrN2O4S. The summed E-state index contributed by atoms with van der Waals surface area (Å²) in [5, 5.41) is 11.8. The van der Waals surface area contributed by atoms with Gasteiger partial charge in [-0.15, -0.1) is 0 Å². The summed E-state index contributed by atoms with van der Waals surface area (Å²) >= 11 is 3.25. The van der Waals surface area contributed by atoms with Gasteiger partial charge in [-0.25, -0.2) is 8.42 Å². The molecular weight excluding hydrogens is 360 g/mol. The predicted octanol–water partition coefficient (Wildman–Crippen LogP) is 1.34. The fourth-order valence-electron chi connectivity index (χ4n) is 2.30. The van der Waals surface area contributed by atoms with E-state index in [0.29, 0.717) is 15.7 Å². The lowest BCUT2D eigenvalue weighted by Crippen LogP contribution is -2.39. The molecule has 0 fully saturated rings. The summed E-state index contributed by atoms with van der Waals surface area (Å²) in [5.41, 5.74) is 1.29. The highest BCUT2D eigenvalue weighted by Gasteiger charge is 2.30. The van der Waals surface area contributed by atoms with Gasteiger partial charge in [0, 0.05) is 22.7 Å². The van der Waals surface area contributed by atoms with E-state index in [1.54, 1.807) is 19.9 Å². The van der Waals surface area contributed by atoms with E-state index in [1.165, 1.54) is 10.4 Å². The van der Waals surface area contributed by atoms with Crippen LogP contribution in [0, 0.1) is 0 Å². The van der Waals surface area contributed by atoms with Gasteiger partial charge in [-0.1, -0.05) is 0 Å². The molecule has 0 bridgehead atoms. The lowest BCUT2D eigenvalue weighted by Gasteiger charge is -2.25. The van der Waals surface area contributed by atoms with Crippen molar-refractivity contribution in [2.45, 2.75) is 31.2 Å². The van der Waals surface area contributed by atoms with E-state index in [1.807, 2.05) is 0 Å². The van der Waals surface area contributed by atoms with E-state index in [4.69, 9.17) is 5.11 Å². The average Bonchev–Trinajstić information content (AvgIpc) is 2.73. The number of rotatable bonds is 5. The van der Waals surface area contributed by atoms with Crippen LogP contribution in [0.1, 0.15) is 19.4 Å². The Morgan fingerprint density at radius 3 is 2.67 bits per heavy atom. The lowest BCUT2D eigenvalue weighted by molar-refractivity contribution is -0.115. The number of fused-ring (bicyclic) bond motifs is 1. The second-order valence-electron chi connectivity index (χ2n) is 5.10. The molecule has 0 aromatic heterocycles. The van der Waals surface area contributed by atoms with Crippen LogP contribution >= 0.6 is 15.9 Å². The first-order valence-electron chi connectivity index (χ1n) is 6.52. The molecule has 1 aliphatic rings. The molecule has 116 valence electrons. The van der Waals surface area contributed by atoms with Gasteiger partial charge in [0.15, 0.2) is 0 Å². The minimum absolute atomic E-state index is 0.0285. The monoisotopic (exact) mass is 376 g/mol. The van der Waals surface area contributed by atoms with E-state index in [2.05, 4.69) is 21.2 Å². The zero-order valence-electron chi connectivity index (χ0n) is 11.8. The number of hydrogen-bond acceptors (Lipinski definition) is 4. The standard InChI is InChI=1S/C13H17BrN2O4S/c1-8(2)16(3-4-17)21(19,20)12-5-9-6-13(18)15-11(9)7-10(12)14/h5,7-8,17H,3-4,6H2,1-2H3,(H,15,18). The highest BCUT2D eigenvalue weighted by Crippen LogP contribution is 2.34. The van der Waals surface area contributed by atoms with E-state index in [-0.39, 0.29) is 36.4 Å². The van der Waals surface area contributed by atoms with Crippen molar-refractivity contribution in [3.05, 3.63) is 22.2 Å². The topological polar surface area (TPSA) is 86.7 Å². The number of aliphatic hydroxyl groups excluding tert-OH is 1. The Bertz CT molecular complexity index is 673. The van der Waals surface area contributed by atoms with Gasteiger partial charge in [-0.05, 0) is 47.5 Å². The minimum Gasteiger partial charge on any atom is -0.395 e. The van der Waals surface area contributed by atoms with E-state index >= 15 is 0 Å². The third kappa shape index (κ3) is 3.13. The van der Waals surface area contributed by atoms with Gasteiger partial charge >= 0.3 is 0 Å². The number of halogens is 1. The number of hydrogen-bond donors (Lipinski definition) is 2. The molecule has 0 radical (unpaired) electrons. The van der Waals surface area contributed by atoms with E-state index in [0.717, 1.165) is 0 Å². The molecule has 0 saturated carbocycles. The van der Waals surface area contributed by atoms with Crippen LogP contribution in [-0.4, -0.2) is 42.9 Å². The van der Waals surface area contributed by atoms with Crippen LogP contribution in [0.4, 0.5) is 5.69 Å². The summed E-state index contributed by atoms with van der Waals surface area (Å²) in [5.74, 6) is -0.150. The molecule has 2 N–H and O–H groups in total. The molecule has 0 saturated heterocycles. The second kappa shape index (κ2) is 6.04. The number of sulfonamides is 1. The summed E-state index contributed by atoms with van der Waals surface area (Å²) in [7, 11) is -3.74. The van der Waals surface area contributed by atoms with E-state index < -0.39 is 10.0 Å². The van der Waals surface area contributed by atoms with Crippen LogP contribution in [0.3, 0.4) is 0 Å². The maximum Gasteiger partial charge on any atom is 0.244 e. The zero-order chi connectivity index (χ0) is 15.8. The van der Waals surface area contributed by atoms with Crippen molar-refractivity contribution in [1.29, 1.82) is 0 Å². The molecule has 1 aromatic rings. The van der Waals surface area contributed by atoms with Crippen molar-refractivity contribution in [1.82, 2.24) is 4.31 Å². The van der Waals surface area contributed by atoms with Gasteiger partial charge in [0.1, 0.15) is 0 Å². The van der Waals surface area contributed by atoms with Crippen LogP contribution < -0.4 is 5.32 Å². The molecule has 6 nitrogen and oxygen atoms in total. The summed E-state index contributed by atoms with van der Waals surface area (Å²) in [4.78, 5) is 11.5. The molecule has 0 aliphatic carbocycles. The van der Waals surface area contributed by atoms with Gasteiger partial charge in [0.25, 0.3) is 0 Å². The Kier molecular flexibility index (Phi) is 4.72. The molecule has 1 aliphatic heterocycles. The Balaban J connectivity index is 2.50. The Morgan fingerprint density at radius 1 is 1.43 bits per heavy atom. The van der Waals surface area contributed by atoms with Crippen LogP contribution in [0.15, 0.2) is 21.5 Å². The maximum absolute atomic E-state index is 12.7. The summed E-state index contributed by atoms with van der Waals surface area (Å²) < 4.78 is 27.1. The number of carbonyl (C=O) groups is 1. The van der Waals surface area contributed by atoms with Gasteiger partial charge < -0.3 is 10.4 Å². The second-order valence-corrected chi connectivity index (χ2v) is 7.81. The van der Waals surface area contributed by atoms with Crippen LogP contribution in [0.25, 0.3) is 0 Å². The first-order valence-corrected chi connectivity index (χ1v) is 8.75. The fourth-order valence-corrected chi connectivity index (χ4v) is 4.99. The minimum atomic E-state index is -3.74. The van der Waals surface area contributed by atoms with Gasteiger partial charge in [0.05, 0.1) is 17.9 Å². The summed E-state index contributed by atoms with van der Waals surface area (Å²) in [6.45, 7) is 3.28. The number of carbonyl (C=O) groups excluding carboxylic acids is 1. The molecule has 0 unspecified atom stereocenters. The molecule has 2 rings (SSSR count). The third-order valence-electron chi connectivity index (χ3n) is 3.27. The molecule has 21 heavy (non-hydrogen) atoms. The number of anilines is 1. The van der Waals surface area contributed by atoms with Crippen molar-refractivity contribution in [2.75, 3.05) is 18.5 Å². The van der Waals surface area contributed by atoms with Crippen molar-refractivity contribution in [3.63, 3.8) is 0 Å². The summed E-state index contributed by atoms with van der Waals surface area (Å²) in [6, 6.07) is 2.84. The van der Waals surface area contributed by atoms with Crippen LogP contribution in [0.5, 0.6) is 0 Å². The number of nitrogens with zero attached hydrogens (tertiary/aromatic N) is 1. The molecule has 8 heteroatoms. The van der Waals surface area contributed by atoms with Crippen molar-refractivity contribution < 1.29 is 18.3 Å². The molecule has 1 heterocycles. The van der Waals surface area contributed by atoms with E-state index in [9.17, 15) is 13.2 Å². The predicted molar refractivity (Wildman–Crippen MR) is 82.6 cm³/mol. The molecule has 1 aromatic carbocycles. The quantitative estimate of drug-likeness (QED) is 0.811.